The number of rotatable bonds is 4. The number of benzene rings is 1. The zero-order chi connectivity index (χ0) is 13.1. The van der Waals surface area contributed by atoms with Gasteiger partial charge in [-0.3, -0.25) is 0 Å². The first-order valence-corrected chi connectivity index (χ1v) is 7.33. The third kappa shape index (κ3) is 2.67. The summed E-state index contributed by atoms with van der Waals surface area (Å²) in [6, 6.07) is 9.02. The smallest absolute Gasteiger partial charge is 0.0470 e. The van der Waals surface area contributed by atoms with Gasteiger partial charge in [-0.2, -0.15) is 0 Å². The second kappa shape index (κ2) is 5.52. The minimum Gasteiger partial charge on any atom is -0.379 e. The number of aromatic nitrogens is 1. The van der Waals surface area contributed by atoms with Gasteiger partial charge >= 0.3 is 0 Å². The van der Waals surface area contributed by atoms with Gasteiger partial charge in [0.1, 0.15) is 0 Å². The van der Waals surface area contributed by atoms with Crippen LogP contribution in [0.3, 0.4) is 0 Å². The zero-order valence-electron chi connectivity index (χ0n) is 11.4. The van der Waals surface area contributed by atoms with Gasteiger partial charge in [0, 0.05) is 28.8 Å². The van der Waals surface area contributed by atoms with Gasteiger partial charge in [0.05, 0.1) is 0 Å². The average molecular weight is 254 g/mol. The second-order valence-corrected chi connectivity index (χ2v) is 5.58. The lowest BCUT2D eigenvalue weighted by molar-refractivity contribution is 0.343. The Morgan fingerprint density at radius 3 is 2.84 bits per heavy atom. The van der Waals surface area contributed by atoms with E-state index in [1.165, 1.54) is 48.7 Å². The molecule has 1 aromatic heterocycles. The van der Waals surface area contributed by atoms with E-state index in [9.17, 15) is 0 Å². The molecule has 0 unspecified atom stereocenters. The molecule has 0 amide bonds. The molecule has 2 heteroatoms. The Bertz CT molecular complexity index is 549. The molecular weight excluding hydrogens is 232 g/mol. The van der Waals surface area contributed by atoms with Crippen molar-refractivity contribution in [3.8, 4) is 0 Å². The summed E-state index contributed by atoms with van der Waals surface area (Å²) in [5.74, 6) is 0.744. The van der Waals surface area contributed by atoms with Crippen molar-refractivity contribution in [1.29, 1.82) is 0 Å². The minimum absolute atomic E-state index is 0.400. The lowest BCUT2D eigenvalue weighted by Gasteiger charge is -2.29. The molecule has 1 heterocycles. The molecule has 1 fully saturated rings. The van der Waals surface area contributed by atoms with Gasteiger partial charge in [-0.05, 0) is 43.0 Å². The normalized spacial score (nSPS) is 18.3. The highest BCUT2D eigenvalue weighted by atomic mass is 14.9. The summed E-state index contributed by atoms with van der Waals surface area (Å²) in [5, 5.41) is 4.91. The summed E-state index contributed by atoms with van der Waals surface area (Å²) >= 11 is 0. The summed E-state index contributed by atoms with van der Waals surface area (Å²) in [4.78, 5) is 3.23. The van der Waals surface area contributed by atoms with Crippen LogP contribution >= 0.6 is 0 Å². The molecule has 1 aliphatic rings. The third-order valence-electron chi connectivity index (χ3n) is 4.30. The zero-order valence-corrected chi connectivity index (χ0v) is 11.4. The molecule has 1 aromatic carbocycles. The van der Waals surface area contributed by atoms with E-state index in [1.807, 2.05) is 6.20 Å². The van der Waals surface area contributed by atoms with Gasteiger partial charge in [-0.15, -0.1) is 6.58 Å². The molecule has 0 radical (unpaired) electrons. The third-order valence-corrected chi connectivity index (χ3v) is 4.30. The van der Waals surface area contributed by atoms with Crippen molar-refractivity contribution in [2.45, 2.75) is 38.1 Å². The highest BCUT2D eigenvalue weighted by Gasteiger charge is 2.21. The molecule has 0 aliphatic heterocycles. The van der Waals surface area contributed by atoms with Crippen molar-refractivity contribution >= 4 is 16.6 Å². The highest BCUT2D eigenvalue weighted by Crippen LogP contribution is 2.29. The van der Waals surface area contributed by atoms with Crippen LogP contribution in [0.1, 0.15) is 32.1 Å². The first kappa shape index (κ1) is 12.3. The molecule has 2 N–H and O–H groups in total. The SMILES string of the molecule is C=C[C@H](Nc1ccc2[nH]ccc2c1)C1CCCCC1. The fourth-order valence-corrected chi connectivity index (χ4v) is 3.20. The van der Waals surface area contributed by atoms with Crippen LogP contribution in [0, 0.1) is 5.92 Å². The van der Waals surface area contributed by atoms with Crippen LogP contribution < -0.4 is 5.32 Å². The van der Waals surface area contributed by atoms with E-state index in [0.717, 1.165) is 5.92 Å². The van der Waals surface area contributed by atoms with Crippen LogP contribution in [0.4, 0.5) is 5.69 Å². The Morgan fingerprint density at radius 1 is 1.21 bits per heavy atom. The molecule has 2 aromatic rings. The maximum atomic E-state index is 4.02. The summed E-state index contributed by atoms with van der Waals surface area (Å²) in [7, 11) is 0. The molecule has 1 aliphatic carbocycles. The first-order valence-electron chi connectivity index (χ1n) is 7.33. The molecule has 1 atom stereocenters. The van der Waals surface area contributed by atoms with Gasteiger partial charge in [0.25, 0.3) is 0 Å². The lowest BCUT2D eigenvalue weighted by Crippen LogP contribution is -2.28. The Hall–Kier alpha value is -1.70. The molecule has 0 spiro atoms. The maximum absolute atomic E-state index is 4.02. The standard InChI is InChI=1S/C17H22N2/c1-2-16(13-6-4-3-5-7-13)19-15-8-9-17-14(12-15)10-11-18-17/h2,8-13,16,18-19H,1,3-7H2/t16-/m0/s1. The van der Waals surface area contributed by atoms with Crippen molar-refractivity contribution < 1.29 is 0 Å². The Kier molecular flexibility index (Phi) is 3.58. The van der Waals surface area contributed by atoms with Crippen LogP contribution in [0.15, 0.2) is 43.1 Å². The van der Waals surface area contributed by atoms with E-state index in [2.05, 4.69) is 47.2 Å². The molecule has 3 rings (SSSR count). The Balaban J connectivity index is 1.75. The van der Waals surface area contributed by atoms with E-state index in [0.29, 0.717) is 6.04 Å². The topological polar surface area (TPSA) is 27.8 Å². The number of fused-ring (bicyclic) bond motifs is 1. The van der Waals surface area contributed by atoms with Gasteiger partial charge < -0.3 is 10.3 Å². The quantitative estimate of drug-likeness (QED) is 0.759. The van der Waals surface area contributed by atoms with Crippen molar-refractivity contribution in [1.82, 2.24) is 4.98 Å². The van der Waals surface area contributed by atoms with Crippen molar-refractivity contribution in [2.24, 2.45) is 5.92 Å². The molecule has 19 heavy (non-hydrogen) atoms. The van der Waals surface area contributed by atoms with E-state index >= 15 is 0 Å². The van der Waals surface area contributed by atoms with Crippen molar-refractivity contribution in [3.05, 3.63) is 43.1 Å². The van der Waals surface area contributed by atoms with Crippen LogP contribution in [0.25, 0.3) is 10.9 Å². The number of nitrogens with one attached hydrogen (secondary N) is 2. The summed E-state index contributed by atoms with van der Waals surface area (Å²) < 4.78 is 0. The van der Waals surface area contributed by atoms with Gasteiger partial charge in [0.15, 0.2) is 0 Å². The summed E-state index contributed by atoms with van der Waals surface area (Å²) in [5.41, 5.74) is 2.39. The van der Waals surface area contributed by atoms with E-state index < -0.39 is 0 Å². The molecule has 0 saturated heterocycles. The summed E-state index contributed by atoms with van der Waals surface area (Å²) in [6.45, 7) is 4.02. The maximum Gasteiger partial charge on any atom is 0.0470 e. The van der Waals surface area contributed by atoms with Crippen LogP contribution in [0.5, 0.6) is 0 Å². The van der Waals surface area contributed by atoms with Crippen molar-refractivity contribution in [3.63, 3.8) is 0 Å². The van der Waals surface area contributed by atoms with Gasteiger partial charge in [0.2, 0.25) is 0 Å². The molecule has 100 valence electrons. The Labute approximate surface area is 114 Å². The predicted octanol–water partition coefficient (Wildman–Crippen LogP) is 4.71. The van der Waals surface area contributed by atoms with E-state index in [-0.39, 0.29) is 0 Å². The number of hydrogen-bond acceptors (Lipinski definition) is 1. The number of H-pyrrole nitrogens is 1. The second-order valence-electron chi connectivity index (χ2n) is 5.58. The van der Waals surface area contributed by atoms with E-state index in [1.54, 1.807) is 0 Å². The number of anilines is 1. The van der Waals surface area contributed by atoms with Crippen LogP contribution in [-0.2, 0) is 0 Å². The molecule has 2 nitrogen and oxygen atoms in total. The largest absolute Gasteiger partial charge is 0.379 e. The Morgan fingerprint density at radius 2 is 2.05 bits per heavy atom. The van der Waals surface area contributed by atoms with Crippen molar-refractivity contribution in [2.75, 3.05) is 5.32 Å². The predicted molar refractivity (Wildman–Crippen MR) is 82.5 cm³/mol. The van der Waals surface area contributed by atoms with Crippen LogP contribution in [0.2, 0.25) is 0 Å². The lowest BCUT2D eigenvalue weighted by atomic mass is 9.84. The van der Waals surface area contributed by atoms with Gasteiger partial charge in [-0.1, -0.05) is 25.3 Å². The monoisotopic (exact) mass is 254 g/mol. The fraction of sp³-hybridized carbons (Fsp3) is 0.412. The first-order chi connectivity index (χ1) is 9.36. The molecule has 0 bridgehead atoms. The number of aromatic amines is 1. The average Bonchev–Trinajstić information content (AvgIpc) is 2.93. The fourth-order valence-electron chi connectivity index (χ4n) is 3.20. The summed E-state index contributed by atoms with van der Waals surface area (Å²) in [6.07, 6.45) is 10.9. The van der Waals surface area contributed by atoms with Crippen LogP contribution in [-0.4, -0.2) is 11.0 Å². The minimum atomic E-state index is 0.400. The number of hydrogen-bond donors (Lipinski definition) is 2. The molecule has 1 saturated carbocycles. The highest BCUT2D eigenvalue weighted by molar-refractivity contribution is 5.83. The van der Waals surface area contributed by atoms with E-state index in [4.69, 9.17) is 0 Å². The molecular formula is C17H22N2. The van der Waals surface area contributed by atoms with Gasteiger partial charge in [-0.25, -0.2) is 0 Å².